The zero-order valence-corrected chi connectivity index (χ0v) is 19.5. The zero-order valence-electron chi connectivity index (χ0n) is 18.7. The standard InChI is InChI=1S/C21H26N2O8S/c1-13(31-15-9-7-14(8-10-15)23(2)32(6,26)27)20(24)22-17-12-19(29-4)18(28-3)11-16(17)21(25)30-5/h7-13H,1-6H3,(H,22,24)/t13-/m0/s1. The molecule has 2 aromatic carbocycles. The Labute approximate surface area is 187 Å². The summed E-state index contributed by atoms with van der Waals surface area (Å²) >= 11 is 0. The number of esters is 1. The van der Waals surface area contributed by atoms with Crippen LogP contribution in [-0.2, 0) is 19.6 Å². The Morgan fingerprint density at radius 1 is 1.00 bits per heavy atom. The minimum Gasteiger partial charge on any atom is -0.493 e. The number of nitrogens with one attached hydrogen (secondary N) is 1. The lowest BCUT2D eigenvalue weighted by atomic mass is 10.1. The van der Waals surface area contributed by atoms with Crippen LogP contribution in [0.3, 0.4) is 0 Å². The molecular weight excluding hydrogens is 440 g/mol. The molecule has 1 atom stereocenters. The van der Waals surface area contributed by atoms with Crippen LogP contribution >= 0.6 is 0 Å². The second-order valence-electron chi connectivity index (χ2n) is 6.72. The molecule has 0 bridgehead atoms. The van der Waals surface area contributed by atoms with E-state index in [4.69, 9.17) is 18.9 Å². The topological polar surface area (TPSA) is 120 Å². The van der Waals surface area contributed by atoms with E-state index in [-0.39, 0.29) is 11.3 Å². The molecule has 0 saturated carbocycles. The Bertz CT molecular complexity index is 1080. The van der Waals surface area contributed by atoms with E-state index in [2.05, 4.69) is 5.32 Å². The second kappa shape index (κ2) is 10.2. The summed E-state index contributed by atoms with van der Waals surface area (Å²) in [4.78, 5) is 24.8. The number of nitrogens with zero attached hydrogens (tertiary/aromatic N) is 1. The molecule has 0 saturated heterocycles. The molecule has 0 aliphatic carbocycles. The number of hydrogen-bond donors (Lipinski definition) is 1. The number of hydrogen-bond acceptors (Lipinski definition) is 8. The normalized spacial score (nSPS) is 11.8. The van der Waals surface area contributed by atoms with Gasteiger partial charge in [0.1, 0.15) is 5.75 Å². The van der Waals surface area contributed by atoms with Crippen molar-refractivity contribution >= 4 is 33.3 Å². The third-order valence-corrected chi connectivity index (χ3v) is 5.77. The highest BCUT2D eigenvalue weighted by atomic mass is 32.2. The van der Waals surface area contributed by atoms with Crippen molar-refractivity contribution in [2.45, 2.75) is 13.0 Å². The van der Waals surface area contributed by atoms with E-state index in [1.807, 2.05) is 0 Å². The molecule has 1 N–H and O–H groups in total. The van der Waals surface area contributed by atoms with Crippen LogP contribution < -0.4 is 23.8 Å². The number of rotatable bonds is 9. The number of amides is 1. The number of methoxy groups -OCH3 is 3. The van der Waals surface area contributed by atoms with Gasteiger partial charge in [-0.3, -0.25) is 9.10 Å². The van der Waals surface area contributed by atoms with Gasteiger partial charge < -0.3 is 24.3 Å². The van der Waals surface area contributed by atoms with Crippen LogP contribution in [0.1, 0.15) is 17.3 Å². The molecule has 0 aromatic heterocycles. The van der Waals surface area contributed by atoms with Crippen LogP contribution in [0.4, 0.5) is 11.4 Å². The zero-order chi connectivity index (χ0) is 24.1. The van der Waals surface area contributed by atoms with Crippen molar-refractivity contribution in [3.05, 3.63) is 42.0 Å². The first-order valence-corrected chi connectivity index (χ1v) is 11.2. The monoisotopic (exact) mass is 466 g/mol. The van der Waals surface area contributed by atoms with Gasteiger partial charge in [-0.05, 0) is 31.2 Å². The summed E-state index contributed by atoms with van der Waals surface area (Å²) in [7, 11) is 2.12. The van der Waals surface area contributed by atoms with E-state index in [1.54, 1.807) is 24.3 Å². The molecule has 2 rings (SSSR count). The van der Waals surface area contributed by atoms with E-state index < -0.39 is 28.0 Å². The highest BCUT2D eigenvalue weighted by molar-refractivity contribution is 7.92. The first-order chi connectivity index (χ1) is 15.0. The van der Waals surface area contributed by atoms with Gasteiger partial charge in [0, 0.05) is 19.2 Å². The SMILES string of the molecule is COC(=O)c1cc(OC)c(OC)cc1NC(=O)[C@H](C)Oc1ccc(N(C)S(C)(=O)=O)cc1. The molecule has 0 heterocycles. The number of ether oxygens (including phenoxy) is 4. The molecule has 1 amide bonds. The third kappa shape index (κ3) is 5.82. The van der Waals surface area contributed by atoms with Gasteiger partial charge in [-0.1, -0.05) is 0 Å². The molecule has 0 aliphatic rings. The van der Waals surface area contributed by atoms with Crippen LogP contribution in [0, 0.1) is 0 Å². The number of carbonyl (C=O) groups excluding carboxylic acids is 2. The van der Waals surface area contributed by atoms with Crippen molar-refractivity contribution in [1.29, 1.82) is 0 Å². The average molecular weight is 467 g/mol. The van der Waals surface area contributed by atoms with Crippen molar-refractivity contribution in [2.24, 2.45) is 0 Å². The maximum Gasteiger partial charge on any atom is 0.340 e. The molecule has 0 radical (unpaired) electrons. The Kier molecular flexibility index (Phi) is 7.92. The molecule has 0 fully saturated rings. The van der Waals surface area contributed by atoms with E-state index in [9.17, 15) is 18.0 Å². The molecule has 10 nitrogen and oxygen atoms in total. The fraction of sp³-hybridized carbons (Fsp3) is 0.333. The van der Waals surface area contributed by atoms with E-state index in [0.29, 0.717) is 22.9 Å². The van der Waals surface area contributed by atoms with Crippen LogP contribution in [0.2, 0.25) is 0 Å². The summed E-state index contributed by atoms with van der Waals surface area (Å²) in [5.41, 5.74) is 0.698. The van der Waals surface area contributed by atoms with Gasteiger partial charge in [-0.2, -0.15) is 0 Å². The minimum absolute atomic E-state index is 0.0823. The predicted molar refractivity (Wildman–Crippen MR) is 119 cm³/mol. The molecule has 32 heavy (non-hydrogen) atoms. The summed E-state index contributed by atoms with van der Waals surface area (Å²) in [6, 6.07) is 9.08. The first-order valence-electron chi connectivity index (χ1n) is 9.37. The minimum atomic E-state index is -3.39. The molecule has 11 heteroatoms. The number of anilines is 2. The van der Waals surface area contributed by atoms with E-state index in [1.165, 1.54) is 47.4 Å². The van der Waals surface area contributed by atoms with Gasteiger partial charge >= 0.3 is 5.97 Å². The van der Waals surface area contributed by atoms with Crippen molar-refractivity contribution < 1.29 is 37.0 Å². The van der Waals surface area contributed by atoms with Crippen LogP contribution in [0.5, 0.6) is 17.2 Å². The summed E-state index contributed by atoms with van der Waals surface area (Å²) < 4.78 is 45.2. The van der Waals surface area contributed by atoms with E-state index in [0.717, 1.165) is 10.6 Å². The summed E-state index contributed by atoms with van der Waals surface area (Å²) in [6.45, 7) is 1.53. The maximum atomic E-state index is 12.7. The number of carbonyl (C=O) groups is 2. The Morgan fingerprint density at radius 2 is 1.56 bits per heavy atom. The Hall–Kier alpha value is -3.47. The van der Waals surface area contributed by atoms with E-state index >= 15 is 0 Å². The van der Waals surface area contributed by atoms with Crippen molar-refractivity contribution in [3.63, 3.8) is 0 Å². The summed E-state index contributed by atoms with van der Waals surface area (Å²) in [5, 5.41) is 2.63. The van der Waals surface area contributed by atoms with Crippen LogP contribution in [0.25, 0.3) is 0 Å². The van der Waals surface area contributed by atoms with Gasteiger partial charge in [-0.15, -0.1) is 0 Å². The van der Waals surface area contributed by atoms with Crippen LogP contribution in [0.15, 0.2) is 36.4 Å². The van der Waals surface area contributed by atoms with Crippen molar-refractivity contribution in [1.82, 2.24) is 0 Å². The van der Waals surface area contributed by atoms with Gasteiger partial charge in [0.15, 0.2) is 17.6 Å². The molecular formula is C21H26N2O8S. The Balaban J connectivity index is 2.19. The molecule has 174 valence electrons. The molecule has 0 unspecified atom stereocenters. The molecule has 0 spiro atoms. The summed E-state index contributed by atoms with van der Waals surface area (Å²) in [5.74, 6) is -0.220. The molecule has 2 aromatic rings. The van der Waals surface area contributed by atoms with Crippen molar-refractivity contribution in [3.8, 4) is 17.2 Å². The Morgan fingerprint density at radius 3 is 2.06 bits per heavy atom. The average Bonchev–Trinajstić information content (AvgIpc) is 2.77. The lowest BCUT2D eigenvalue weighted by Crippen LogP contribution is -2.31. The third-order valence-electron chi connectivity index (χ3n) is 4.57. The van der Waals surface area contributed by atoms with Crippen LogP contribution in [-0.4, -0.2) is 61.0 Å². The fourth-order valence-corrected chi connectivity index (χ4v) is 3.18. The lowest BCUT2D eigenvalue weighted by molar-refractivity contribution is -0.122. The highest BCUT2D eigenvalue weighted by Gasteiger charge is 2.22. The first kappa shape index (κ1) is 24.8. The summed E-state index contributed by atoms with van der Waals surface area (Å²) in [6.07, 6.45) is 0.160. The quantitative estimate of drug-likeness (QED) is 0.559. The lowest BCUT2D eigenvalue weighted by Gasteiger charge is -2.19. The highest BCUT2D eigenvalue weighted by Crippen LogP contribution is 2.34. The van der Waals surface area contributed by atoms with Gasteiger partial charge in [0.25, 0.3) is 5.91 Å². The number of sulfonamides is 1. The fourth-order valence-electron chi connectivity index (χ4n) is 2.68. The largest absolute Gasteiger partial charge is 0.493 e. The van der Waals surface area contributed by atoms with Crippen molar-refractivity contribution in [2.75, 3.05) is 44.3 Å². The van der Waals surface area contributed by atoms with Gasteiger partial charge in [0.05, 0.1) is 44.5 Å². The second-order valence-corrected chi connectivity index (χ2v) is 8.73. The smallest absolute Gasteiger partial charge is 0.340 e. The molecule has 0 aliphatic heterocycles. The van der Waals surface area contributed by atoms with Gasteiger partial charge in [0.2, 0.25) is 10.0 Å². The van der Waals surface area contributed by atoms with Gasteiger partial charge in [-0.25, -0.2) is 13.2 Å². The predicted octanol–water partition coefficient (Wildman–Crippen LogP) is 2.29. The number of benzene rings is 2. The maximum absolute atomic E-state index is 12.7.